The molecule has 1 heterocycles. The lowest BCUT2D eigenvalue weighted by atomic mass is 10.2. The summed E-state index contributed by atoms with van der Waals surface area (Å²) in [5, 5.41) is 3.12. The lowest BCUT2D eigenvalue weighted by Crippen LogP contribution is -2.37. The number of hydrogen-bond donors (Lipinski definition) is 1. The van der Waals surface area contributed by atoms with Gasteiger partial charge in [-0.05, 0) is 27.7 Å². The van der Waals surface area contributed by atoms with Gasteiger partial charge in [-0.2, -0.15) is 0 Å². The first-order chi connectivity index (χ1) is 7.87. The van der Waals surface area contributed by atoms with E-state index in [4.69, 9.17) is 4.74 Å². The lowest BCUT2D eigenvalue weighted by Gasteiger charge is -2.20. The van der Waals surface area contributed by atoms with Crippen molar-refractivity contribution in [1.29, 1.82) is 0 Å². The molecule has 5 nitrogen and oxygen atoms in total. The summed E-state index contributed by atoms with van der Waals surface area (Å²) in [7, 11) is 0. The molecule has 1 atom stereocenters. The molecule has 0 aliphatic heterocycles. The second-order valence-corrected chi connectivity index (χ2v) is 5.13. The van der Waals surface area contributed by atoms with E-state index in [1.807, 2.05) is 38.5 Å². The standard InChI is InChI=1S/C12H21N3O2/c1-10(8-15-6-5-13-9-15)14-7-11(16)17-12(2,3)4/h5-6,9-10,14H,7-8H2,1-4H3. The van der Waals surface area contributed by atoms with Gasteiger partial charge in [0.25, 0.3) is 0 Å². The summed E-state index contributed by atoms with van der Waals surface area (Å²) in [6, 6.07) is 0.191. The summed E-state index contributed by atoms with van der Waals surface area (Å²) in [5.41, 5.74) is -0.424. The predicted molar refractivity (Wildman–Crippen MR) is 65.5 cm³/mol. The maximum atomic E-state index is 11.5. The van der Waals surface area contributed by atoms with Gasteiger partial charge in [0.2, 0.25) is 0 Å². The van der Waals surface area contributed by atoms with Crippen molar-refractivity contribution >= 4 is 5.97 Å². The third-order valence-electron chi connectivity index (χ3n) is 2.06. The van der Waals surface area contributed by atoms with Gasteiger partial charge in [-0.25, -0.2) is 4.98 Å². The molecule has 5 heteroatoms. The normalized spacial score (nSPS) is 13.4. The van der Waals surface area contributed by atoms with Crippen LogP contribution in [0.3, 0.4) is 0 Å². The van der Waals surface area contributed by atoms with Gasteiger partial charge in [-0.1, -0.05) is 0 Å². The van der Waals surface area contributed by atoms with E-state index in [1.54, 1.807) is 12.5 Å². The summed E-state index contributed by atoms with van der Waals surface area (Å²) < 4.78 is 7.17. The molecule has 0 saturated heterocycles. The number of carbonyl (C=O) groups is 1. The smallest absolute Gasteiger partial charge is 0.320 e. The molecule has 0 radical (unpaired) electrons. The lowest BCUT2D eigenvalue weighted by molar-refractivity contribution is -0.153. The van der Waals surface area contributed by atoms with Gasteiger partial charge < -0.3 is 14.6 Å². The molecular weight excluding hydrogens is 218 g/mol. The fraction of sp³-hybridized carbons (Fsp3) is 0.667. The molecule has 1 aromatic rings. The number of aromatic nitrogens is 2. The number of nitrogens with zero attached hydrogens (tertiary/aromatic N) is 2. The minimum atomic E-state index is -0.424. The van der Waals surface area contributed by atoms with E-state index in [9.17, 15) is 4.79 Å². The molecule has 0 aliphatic rings. The van der Waals surface area contributed by atoms with Crippen LogP contribution >= 0.6 is 0 Å². The fourth-order valence-electron chi connectivity index (χ4n) is 1.41. The Kier molecular flexibility index (Phi) is 4.69. The van der Waals surface area contributed by atoms with Gasteiger partial charge in [0, 0.05) is 25.0 Å². The first-order valence-electron chi connectivity index (χ1n) is 5.78. The van der Waals surface area contributed by atoms with Crippen LogP contribution < -0.4 is 5.32 Å². The monoisotopic (exact) mass is 239 g/mol. The molecule has 0 fully saturated rings. The van der Waals surface area contributed by atoms with Crippen molar-refractivity contribution < 1.29 is 9.53 Å². The Hall–Kier alpha value is -1.36. The predicted octanol–water partition coefficient (Wildman–Crippen LogP) is 1.20. The van der Waals surface area contributed by atoms with Crippen molar-refractivity contribution in [1.82, 2.24) is 14.9 Å². The van der Waals surface area contributed by atoms with Gasteiger partial charge in [-0.3, -0.25) is 4.79 Å². The number of esters is 1. The highest BCUT2D eigenvalue weighted by Gasteiger charge is 2.16. The Balaban J connectivity index is 2.24. The first kappa shape index (κ1) is 13.7. The third kappa shape index (κ3) is 6.06. The minimum absolute atomic E-state index is 0.191. The Morgan fingerprint density at radius 3 is 2.76 bits per heavy atom. The number of rotatable bonds is 5. The molecule has 96 valence electrons. The van der Waals surface area contributed by atoms with Gasteiger partial charge in [-0.15, -0.1) is 0 Å². The molecule has 0 saturated carbocycles. The average molecular weight is 239 g/mol. The van der Waals surface area contributed by atoms with Crippen LogP contribution in [-0.4, -0.2) is 33.7 Å². The molecule has 1 N–H and O–H groups in total. The van der Waals surface area contributed by atoms with E-state index < -0.39 is 5.60 Å². The van der Waals surface area contributed by atoms with Gasteiger partial charge in [0.15, 0.2) is 0 Å². The molecule has 0 aliphatic carbocycles. The van der Waals surface area contributed by atoms with E-state index in [0.29, 0.717) is 0 Å². The minimum Gasteiger partial charge on any atom is -0.459 e. The van der Waals surface area contributed by atoms with E-state index in [-0.39, 0.29) is 18.6 Å². The molecule has 0 amide bonds. The van der Waals surface area contributed by atoms with Crippen LogP contribution in [-0.2, 0) is 16.1 Å². The van der Waals surface area contributed by atoms with Crippen molar-refractivity contribution in [2.45, 2.75) is 45.9 Å². The van der Waals surface area contributed by atoms with Crippen molar-refractivity contribution in [3.05, 3.63) is 18.7 Å². The highest BCUT2D eigenvalue weighted by atomic mass is 16.6. The van der Waals surface area contributed by atoms with E-state index >= 15 is 0 Å². The Morgan fingerprint density at radius 2 is 2.24 bits per heavy atom. The highest BCUT2D eigenvalue weighted by Crippen LogP contribution is 2.06. The average Bonchev–Trinajstić information content (AvgIpc) is 2.64. The number of imidazole rings is 1. The zero-order chi connectivity index (χ0) is 12.9. The summed E-state index contributed by atoms with van der Waals surface area (Å²) in [5.74, 6) is -0.227. The molecular formula is C12H21N3O2. The van der Waals surface area contributed by atoms with Crippen LogP contribution in [0.1, 0.15) is 27.7 Å². The number of nitrogens with one attached hydrogen (secondary N) is 1. The molecule has 0 bridgehead atoms. The zero-order valence-corrected chi connectivity index (χ0v) is 10.9. The molecule has 0 spiro atoms. The maximum Gasteiger partial charge on any atom is 0.320 e. The Bertz CT molecular complexity index is 341. The van der Waals surface area contributed by atoms with Crippen molar-refractivity contribution in [3.8, 4) is 0 Å². The number of ether oxygens (including phenoxy) is 1. The van der Waals surface area contributed by atoms with Gasteiger partial charge >= 0.3 is 5.97 Å². The summed E-state index contributed by atoms with van der Waals surface area (Å²) in [6.07, 6.45) is 5.39. The summed E-state index contributed by atoms with van der Waals surface area (Å²) >= 11 is 0. The summed E-state index contributed by atoms with van der Waals surface area (Å²) in [4.78, 5) is 15.4. The molecule has 0 aromatic carbocycles. The molecule has 1 aromatic heterocycles. The van der Waals surface area contributed by atoms with Crippen LogP contribution in [0.4, 0.5) is 0 Å². The van der Waals surface area contributed by atoms with Crippen molar-refractivity contribution in [2.75, 3.05) is 6.54 Å². The zero-order valence-electron chi connectivity index (χ0n) is 10.9. The quantitative estimate of drug-likeness (QED) is 0.785. The second-order valence-electron chi connectivity index (χ2n) is 5.13. The molecule has 1 unspecified atom stereocenters. The topological polar surface area (TPSA) is 56.2 Å². The highest BCUT2D eigenvalue weighted by molar-refractivity contribution is 5.72. The van der Waals surface area contributed by atoms with Crippen LogP contribution in [0.25, 0.3) is 0 Å². The first-order valence-corrected chi connectivity index (χ1v) is 5.78. The van der Waals surface area contributed by atoms with Crippen LogP contribution in [0.2, 0.25) is 0 Å². The van der Waals surface area contributed by atoms with Gasteiger partial charge in [0.1, 0.15) is 5.60 Å². The fourth-order valence-corrected chi connectivity index (χ4v) is 1.41. The Labute approximate surface area is 102 Å². The third-order valence-corrected chi connectivity index (χ3v) is 2.06. The van der Waals surface area contributed by atoms with E-state index in [0.717, 1.165) is 6.54 Å². The van der Waals surface area contributed by atoms with Crippen molar-refractivity contribution in [2.24, 2.45) is 0 Å². The van der Waals surface area contributed by atoms with E-state index in [2.05, 4.69) is 10.3 Å². The van der Waals surface area contributed by atoms with Crippen LogP contribution in [0.5, 0.6) is 0 Å². The maximum absolute atomic E-state index is 11.5. The Morgan fingerprint density at radius 1 is 1.53 bits per heavy atom. The molecule has 17 heavy (non-hydrogen) atoms. The SMILES string of the molecule is CC(Cn1ccnc1)NCC(=O)OC(C)(C)C. The second kappa shape index (κ2) is 5.82. The summed E-state index contributed by atoms with van der Waals surface area (Å²) in [6.45, 7) is 8.61. The van der Waals surface area contributed by atoms with Crippen LogP contribution in [0.15, 0.2) is 18.7 Å². The number of hydrogen-bond acceptors (Lipinski definition) is 4. The molecule has 1 rings (SSSR count). The van der Waals surface area contributed by atoms with Crippen LogP contribution in [0, 0.1) is 0 Å². The largest absolute Gasteiger partial charge is 0.459 e. The number of carbonyl (C=O) groups excluding carboxylic acids is 1. The van der Waals surface area contributed by atoms with Gasteiger partial charge in [0.05, 0.1) is 12.9 Å². The van der Waals surface area contributed by atoms with Crippen molar-refractivity contribution in [3.63, 3.8) is 0 Å². The van der Waals surface area contributed by atoms with E-state index in [1.165, 1.54) is 0 Å².